The highest BCUT2D eigenvalue weighted by Crippen LogP contribution is 2.31. The van der Waals surface area contributed by atoms with Gasteiger partial charge in [0.1, 0.15) is 0 Å². The van der Waals surface area contributed by atoms with Crippen molar-refractivity contribution in [2.45, 2.75) is 50.3 Å². The van der Waals surface area contributed by atoms with Crippen LogP contribution >= 0.6 is 0 Å². The van der Waals surface area contributed by atoms with Crippen LogP contribution in [0.25, 0.3) is 0 Å². The molecule has 15 heavy (non-hydrogen) atoms. The van der Waals surface area contributed by atoms with Crippen molar-refractivity contribution in [3.05, 3.63) is 0 Å². The van der Waals surface area contributed by atoms with Gasteiger partial charge >= 0.3 is 0 Å². The minimum absolute atomic E-state index is 0.0550. The molecule has 2 fully saturated rings. The average Bonchev–Trinajstić information content (AvgIpc) is 2.24. The molecule has 2 heterocycles. The van der Waals surface area contributed by atoms with E-state index in [0.717, 1.165) is 25.9 Å². The molecule has 3 nitrogen and oxygen atoms in total. The minimum atomic E-state index is -2.72. The Morgan fingerprint density at radius 2 is 1.87 bits per heavy atom. The number of rotatable bonds is 3. The number of sulfone groups is 1. The highest BCUT2D eigenvalue weighted by Gasteiger charge is 2.47. The Morgan fingerprint density at radius 1 is 1.20 bits per heavy atom. The van der Waals surface area contributed by atoms with E-state index < -0.39 is 9.84 Å². The molecule has 0 saturated carbocycles. The molecule has 0 unspecified atom stereocenters. The topological polar surface area (TPSA) is 37.4 Å². The Kier molecular flexibility index (Phi) is 3.36. The molecule has 2 aliphatic rings. The lowest BCUT2D eigenvalue weighted by Gasteiger charge is -2.45. The molecule has 2 aliphatic heterocycles. The summed E-state index contributed by atoms with van der Waals surface area (Å²) in [5.74, 6) is 0.414. The van der Waals surface area contributed by atoms with Gasteiger partial charge in [-0.25, -0.2) is 8.42 Å². The summed E-state index contributed by atoms with van der Waals surface area (Å²) in [6.45, 7) is 4.29. The van der Waals surface area contributed by atoms with Gasteiger partial charge in [0.05, 0.1) is 11.0 Å². The second kappa shape index (κ2) is 4.42. The molecule has 4 heteroatoms. The first-order valence-corrected chi connectivity index (χ1v) is 7.82. The molecule has 0 aromatic heterocycles. The molecule has 0 N–H and O–H groups in total. The van der Waals surface area contributed by atoms with Gasteiger partial charge in [-0.1, -0.05) is 19.8 Å². The standard InChI is InChI=1S/C11H21NO2S/c1-2-6-11-10(9-15(11,13)14)12-7-4-3-5-8-12/h10-11H,2-9H2,1H3/t10-,11+/m1/s1. The van der Waals surface area contributed by atoms with Crippen LogP contribution in [0.4, 0.5) is 0 Å². The molecule has 0 radical (unpaired) electrons. The summed E-state index contributed by atoms with van der Waals surface area (Å²) in [6, 6.07) is 0.343. The minimum Gasteiger partial charge on any atom is -0.298 e. The lowest BCUT2D eigenvalue weighted by Crippen LogP contribution is -2.61. The van der Waals surface area contributed by atoms with Crippen LogP contribution in [-0.2, 0) is 9.84 Å². The zero-order valence-corrected chi connectivity index (χ0v) is 10.3. The summed E-state index contributed by atoms with van der Waals surface area (Å²) in [7, 11) is -2.72. The van der Waals surface area contributed by atoms with E-state index in [2.05, 4.69) is 11.8 Å². The lowest BCUT2D eigenvalue weighted by atomic mass is 10.0. The molecular weight excluding hydrogens is 210 g/mol. The number of piperidine rings is 1. The Balaban J connectivity index is 1.98. The zero-order valence-electron chi connectivity index (χ0n) is 9.48. The van der Waals surface area contributed by atoms with Gasteiger partial charge in [-0.05, 0) is 32.4 Å². The molecule has 0 spiro atoms. The van der Waals surface area contributed by atoms with Crippen LogP contribution in [0.5, 0.6) is 0 Å². The smallest absolute Gasteiger partial charge is 0.156 e. The Bertz CT molecular complexity index is 307. The first-order chi connectivity index (χ1) is 7.15. The number of hydrogen-bond acceptors (Lipinski definition) is 3. The van der Waals surface area contributed by atoms with Crippen molar-refractivity contribution in [1.82, 2.24) is 4.90 Å². The van der Waals surface area contributed by atoms with Crippen LogP contribution < -0.4 is 0 Å². The van der Waals surface area contributed by atoms with Crippen molar-refractivity contribution < 1.29 is 8.42 Å². The third kappa shape index (κ3) is 2.21. The van der Waals surface area contributed by atoms with Gasteiger partial charge < -0.3 is 0 Å². The summed E-state index contributed by atoms with van der Waals surface area (Å²) in [5.41, 5.74) is 0. The van der Waals surface area contributed by atoms with Crippen molar-refractivity contribution in [2.24, 2.45) is 0 Å². The highest BCUT2D eigenvalue weighted by molar-refractivity contribution is 7.93. The summed E-state index contributed by atoms with van der Waals surface area (Å²) < 4.78 is 23.3. The van der Waals surface area contributed by atoms with E-state index in [1.165, 1.54) is 19.3 Å². The van der Waals surface area contributed by atoms with Crippen molar-refractivity contribution in [3.8, 4) is 0 Å². The maximum absolute atomic E-state index is 11.6. The molecule has 2 rings (SSSR count). The van der Waals surface area contributed by atoms with Crippen molar-refractivity contribution in [3.63, 3.8) is 0 Å². The van der Waals surface area contributed by atoms with E-state index in [0.29, 0.717) is 11.8 Å². The zero-order chi connectivity index (χ0) is 10.9. The predicted octanol–water partition coefficient (Wildman–Crippen LogP) is 1.44. The van der Waals surface area contributed by atoms with E-state index in [1.807, 2.05) is 0 Å². The Morgan fingerprint density at radius 3 is 2.40 bits per heavy atom. The number of likely N-dealkylation sites (tertiary alicyclic amines) is 1. The fraction of sp³-hybridized carbons (Fsp3) is 1.00. The van der Waals surface area contributed by atoms with E-state index in [1.54, 1.807) is 0 Å². The largest absolute Gasteiger partial charge is 0.298 e. The molecule has 0 aliphatic carbocycles. The van der Waals surface area contributed by atoms with Crippen molar-refractivity contribution >= 4 is 9.84 Å². The summed E-state index contributed by atoms with van der Waals surface area (Å²) >= 11 is 0. The molecule has 2 saturated heterocycles. The van der Waals surface area contributed by atoms with E-state index >= 15 is 0 Å². The maximum Gasteiger partial charge on any atom is 0.156 e. The van der Waals surface area contributed by atoms with Gasteiger partial charge in [0.25, 0.3) is 0 Å². The van der Waals surface area contributed by atoms with Crippen molar-refractivity contribution in [1.29, 1.82) is 0 Å². The monoisotopic (exact) mass is 231 g/mol. The van der Waals surface area contributed by atoms with Crippen molar-refractivity contribution in [2.75, 3.05) is 18.8 Å². The van der Waals surface area contributed by atoms with E-state index in [-0.39, 0.29) is 5.25 Å². The van der Waals surface area contributed by atoms with Crippen LogP contribution in [0, 0.1) is 0 Å². The molecule has 0 aromatic carbocycles. The summed E-state index contributed by atoms with van der Waals surface area (Å²) in [5, 5.41) is -0.0550. The predicted molar refractivity (Wildman–Crippen MR) is 61.7 cm³/mol. The van der Waals surface area contributed by atoms with E-state index in [4.69, 9.17) is 0 Å². The quantitative estimate of drug-likeness (QED) is 0.737. The highest BCUT2D eigenvalue weighted by atomic mass is 32.2. The molecule has 88 valence electrons. The second-order valence-corrected chi connectivity index (χ2v) is 7.09. The van der Waals surface area contributed by atoms with Gasteiger partial charge in [-0.2, -0.15) is 0 Å². The van der Waals surface area contributed by atoms with Gasteiger partial charge in [0.2, 0.25) is 0 Å². The number of hydrogen-bond donors (Lipinski definition) is 0. The molecule has 0 amide bonds. The fourth-order valence-electron chi connectivity index (χ4n) is 2.83. The molecular formula is C11H21NO2S. The van der Waals surface area contributed by atoms with Gasteiger partial charge in [-0.15, -0.1) is 0 Å². The Labute approximate surface area is 92.8 Å². The third-order valence-electron chi connectivity index (χ3n) is 3.73. The Hall–Kier alpha value is -0.0900. The normalized spacial score (nSPS) is 36.1. The number of nitrogens with zero attached hydrogens (tertiary/aromatic N) is 1. The van der Waals surface area contributed by atoms with Gasteiger partial charge in [0, 0.05) is 6.04 Å². The maximum atomic E-state index is 11.6. The SMILES string of the molecule is CCC[C@H]1[C@H](N2CCCCC2)CS1(=O)=O. The van der Waals surface area contributed by atoms with Crippen LogP contribution in [0.1, 0.15) is 39.0 Å². The van der Waals surface area contributed by atoms with Crippen LogP contribution in [0.3, 0.4) is 0 Å². The average molecular weight is 231 g/mol. The second-order valence-electron chi connectivity index (χ2n) is 4.82. The fourth-order valence-corrected chi connectivity index (χ4v) is 4.98. The van der Waals surface area contributed by atoms with Crippen LogP contribution in [0.15, 0.2) is 0 Å². The first kappa shape index (κ1) is 11.4. The summed E-state index contributed by atoms with van der Waals surface area (Å²) in [6.07, 6.45) is 5.64. The molecule has 2 atom stereocenters. The molecule has 0 bridgehead atoms. The third-order valence-corrected chi connectivity index (χ3v) is 6.00. The van der Waals surface area contributed by atoms with E-state index in [9.17, 15) is 8.42 Å². The van der Waals surface area contributed by atoms with Gasteiger partial charge in [-0.3, -0.25) is 4.90 Å². The summed E-state index contributed by atoms with van der Waals surface area (Å²) in [4.78, 5) is 2.41. The van der Waals surface area contributed by atoms with Crippen LogP contribution in [0.2, 0.25) is 0 Å². The molecule has 0 aromatic rings. The first-order valence-electron chi connectivity index (χ1n) is 6.11. The van der Waals surface area contributed by atoms with Gasteiger partial charge in [0.15, 0.2) is 9.84 Å². The lowest BCUT2D eigenvalue weighted by molar-refractivity contribution is 0.155. The van der Waals surface area contributed by atoms with Crippen LogP contribution in [-0.4, -0.2) is 43.5 Å².